The summed E-state index contributed by atoms with van der Waals surface area (Å²) in [4.78, 5) is 14.5. The van der Waals surface area contributed by atoms with E-state index in [4.69, 9.17) is 0 Å². The van der Waals surface area contributed by atoms with Crippen molar-refractivity contribution >= 4 is 44.4 Å². The van der Waals surface area contributed by atoms with Gasteiger partial charge in [0, 0.05) is 26.7 Å². The highest BCUT2D eigenvalue weighted by molar-refractivity contribution is 14.1. The molecule has 1 fully saturated rings. The van der Waals surface area contributed by atoms with Crippen LogP contribution in [0.3, 0.4) is 0 Å². The van der Waals surface area contributed by atoms with Gasteiger partial charge in [0.1, 0.15) is 0 Å². The molecule has 1 aliphatic heterocycles. The van der Waals surface area contributed by atoms with E-state index in [-0.39, 0.29) is 11.4 Å². The van der Waals surface area contributed by atoms with E-state index in [9.17, 15) is 4.79 Å². The second-order valence-corrected chi connectivity index (χ2v) is 7.30. The zero-order valence-corrected chi connectivity index (χ0v) is 14.9. The molecule has 5 heteroatoms. The fourth-order valence-corrected chi connectivity index (χ4v) is 3.21. The van der Waals surface area contributed by atoms with Crippen molar-refractivity contribution in [3.8, 4) is 0 Å². The summed E-state index contributed by atoms with van der Waals surface area (Å²) in [7, 11) is 1.99. The molecule has 1 aromatic carbocycles. The number of amides is 1. The third-order valence-corrected chi connectivity index (χ3v) is 5.35. The molecule has 0 unspecified atom stereocenters. The predicted molar refractivity (Wildman–Crippen MR) is 89.5 cm³/mol. The first-order valence-corrected chi connectivity index (χ1v) is 8.26. The van der Waals surface area contributed by atoms with Crippen molar-refractivity contribution in [1.82, 2.24) is 10.2 Å². The Morgan fingerprint density at radius 2 is 2.05 bits per heavy atom. The summed E-state index contributed by atoms with van der Waals surface area (Å²) in [6.07, 6.45) is 2.00. The van der Waals surface area contributed by atoms with E-state index in [1.807, 2.05) is 30.1 Å². The lowest BCUT2D eigenvalue weighted by Gasteiger charge is -2.39. The van der Waals surface area contributed by atoms with Crippen LogP contribution < -0.4 is 5.32 Å². The lowest BCUT2D eigenvalue weighted by atomic mass is 9.89. The van der Waals surface area contributed by atoms with Gasteiger partial charge in [-0.15, -0.1) is 0 Å². The summed E-state index contributed by atoms with van der Waals surface area (Å²) >= 11 is 5.66. The van der Waals surface area contributed by atoms with Gasteiger partial charge < -0.3 is 10.2 Å². The monoisotopic (exact) mass is 436 g/mol. The van der Waals surface area contributed by atoms with Gasteiger partial charge in [-0.2, -0.15) is 0 Å². The first kappa shape index (κ1) is 15.3. The van der Waals surface area contributed by atoms with Gasteiger partial charge in [-0.25, -0.2) is 0 Å². The molecule has 0 radical (unpaired) electrons. The number of carbonyl (C=O) groups is 1. The van der Waals surface area contributed by atoms with Crippen molar-refractivity contribution in [2.24, 2.45) is 0 Å². The third kappa shape index (κ3) is 3.49. The topological polar surface area (TPSA) is 32.3 Å². The molecule has 2 rings (SSSR count). The lowest BCUT2D eigenvalue weighted by molar-refractivity contribution is 0.0660. The Morgan fingerprint density at radius 3 is 2.63 bits per heavy atom. The van der Waals surface area contributed by atoms with Crippen molar-refractivity contribution in [2.45, 2.75) is 25.3 Å². The van der Waals surface area contributed by atoms with E-state index in [1.165, 1.54) is 0 Å². The normalized spacial score (nSPS) is 18.4. The molecule has 1 amide bonds. The molecule has 0 spiro atoms. The molecule has 1 N–H and O–H groups in total. The molecular formula is C14H18BrIN2O. The second kappa shape index (κ2) is 6.10. The van der Waals surface area contributed by atoms with Crippen LogP contribution in [-0.2, 0) is 0 Å². The Bertz CT molecular complexity index is 484. The van der Waals surface area contributed by atoms with Crippen LogP contribution in [-0.4, -0.2) is 36.5 Å². The van der Waals surface area contributed by atoms with E-state index in [0.29, 0.717) is 0 Å². The number of likely N-dealkylation sites (tertiary alicyclic amines) is 1. The van der Waals surface area contributed by atoms with Crippen LogP contribution in [0.15, 0.2) is 22.7 Å². The third-order valence-electron chi connectivity index (χ3n) is 3.92. The molecule has 0 aliphatic carbocycles. The number of rotatable bonds is 2. The summed E-state index contributed by atoms with van der Waals surface area (Å²) in [6.45, 7) is 3.86. The van der Waals surface area contributed by atoms with Gasteiger partial charge in [0.15, 0.2) is 0 Å². The Labute approximate surface area is 136 Å². The van der Waals surface area contributed by atoms with Crippen molar-refractivity contribution in [1.29, 1.82) is 0 Å². The minimum absolute atomic E-state index is 0.142. The number of carbonyl (C=O) groups excluding carboxylic acids is 1. The largest absolute Gasteiger partial charge is 0.338 e. The van der Waals surface area contributed by atoms with Gasteiger partial charge in [0.25, 0.3) is 5.91 Å². The van der Waals surface area contributed by atoms with Gasteiger partial charge in [-0.3, -0.25) is 4.79 Å². The van der Waals surface area contributed by atoms with Crippen LogP contribution >= 0.6 is 38.5 Å². The van der Waals surface area contributed by atoms with E-state index >= 15 is 0 Å². The van der Waals surface area contributed by atoms with Crippen molar-refractivity contribution in [3.63, 3.8) is 0 Å². The summed E-state index contributed by atoms with van der Waals surface area (Å²) in [6, 6.07) is 5.85. The lowest BCUT2D eigenvalue weighted by Crippen LogP contribution is -2.51. The first-order valence-electron chi connectivity index (χ1n) is 6.38. The number of hydrogen-bond acceptors (Lipinski definition) is 2. The minimum atomic E-state index is 0.142. The minimum Gasteiger partial charge on any atom is -0.338 e. The maximum Gasteiger partial charge on any atom is 0.254 e. The smallest absolute Gasteiger partial charge is 0.254 e. The van der Waals surface area contributed by atoms with Crippen LogP contribution in [0.25, 0.3) is 0 Å². The average Bonchev–Trinajstić information content (AvgIpc) is 2.42. The Kier molecular flexibility index (Phi) is 4.89. The molecule has 1 aromatic rings. The molecule has 19 heavy (non-hydrogen) atoms. The van der Waals surface area contributed by atoms with Gasteiger partial charge in [0.05, 0.1) is 5.56 Å². The zero-order chi connectivity index (χ0) is 14.0. The molecule has 0 aromatic heterocycles. The molecule has 1 heterocycles. The van der Waals surface area contributed by atoms with Crippen LogP contribution in [0.1, 0.15) is 30.1 Å². The van der Waals surface area contributed by atoms with E-state index in [2.05, 4.69) is 50.8 Å². The molecule has 0 saturated carbocycles. The number of halogens is 2. The highest BCUT2D eigenvalue weighted by Gasteiger charge is 2.31. The number of hydrogen-bond donors (Lipinski definition) is 1. The van der Waals surface area contributed by atoms with Gasteiger partial charge in [-0.05, 0) is 67.6 Å². The van der Waals surface area contributed by atoms with Crippen molar-refractivity contribution in [2.75, 3.05) is 20.1 Å². The SMILES string of the molecule is CNC1(C)CCN(C(=O)c2cc(Br)ccc2I)CC1. The molecule has 3 nitrogen and oxygen atoms in total. The maximum absolute atomic E-state index is 12.6. The molecule has 1 saturated heterocycles. The summed E-state index contributed by atoms with van der Waals surface area (Å²) < 4.78 is 1.96. The summed E-state index contributed by atoms with van der Waals surface area (Å²) in [5, 5.41) is 3.35. The van der Waals surface area contributed by atoms with E-state index in [0.717, 1.165) is 39.5 Å². The standard InChI is InChI=1S/C14H18BrIN2O/c1-14(17-2)5-7-18(8-6-14)13(19)11-9-10(15)3-4-12(11)16/h3-4,9,17H,5-8H2,1-2H3. The molecule has 0 atom stereocenters. The molecule has 1 aliphatic rings. The van der Waals surface area contributed by atoms with Crippen molar-refractivity contribution < 1.29 is 4.79 Å². The van der Waals surface area contributed by atoms with Crippen LogP contribution in [0.4, 0.5) is 0 Å². The van der Waals surface area contributed by atoms with Gasteiger partial charge in [-0.1, -0.05) is 15.9 Å². The van der Waals surface area contributed by atoms with Gasteiger partial charge in [0.2, 0.25) is 0 Å². The Hall–Kier alpha value is -0.140. The summed E-state index contributed by atoms with van der Waals surface area (Å²) in [5.41, 5.74) is 0.962. The van der Waals surface area contributed by atoms with E-state index in [1.54, 1.807) is 0 Å². The summed E-state index contributed by atoms with van der Waals surface area (Å²) in [5.74, 6) is 0.142. The zero-order valence-electron chi connectivity index (χ0n) is 11.2. The molecular weight excluding hydrogens is 419 g/mol. The molecule has 0 bridgehead atoms. The number of piperidine rings is 1. The van der Waals surface area contributed by atoms with Crippen molar-refractivity contribution in [3.05, 3.63) is 31.8 Å². The number of benzene rings is 1. The average molecular weight is 437 g/mol. The quantitative estimate of drug-likeness (QED) is 0.721. The van der Waals surface area contributed by atoms with Gasteiger partial charge >= 0.3 is 0 Å². The highest BCUT2D eigenvalue weighted by Crippen LogP contribution is 2.25. The number of nitrogens with one attached hydrogen (secondary N) is 1. The predicted octanol–water partition coefficient (Wildman–Crippen LogP) is 3.27. The van der Waals surface area contributed by atoms with Crippen LogP contribution in [0.2, 0.25) is 0 Å². The second-order valence-electron chi connectivity index (χ2n) is 5.23. The first-order chi connectivity index (χ1) is 8.95. The van der Waals surface area contributed by atoms with Crippen LogP contribution in [0.5, 0.6) is 0 Å². The maximum atomic E-state index is 12.6. The fourth-order valence-electron chi connectivity index (χ4n) is 2.29. The Morgan fingerprint density at radius 1 is 1.42 bits per heavy atom. The highest BCUT2D eigenvalue weighted by atomic mass is 127. The Balaban J connectivity index is 2.11. The molecule has 104 valence electrons. The fraction of sp³-hybridized carbons (Fsp3) is 0.500. The van der Waals surface area contributed by atoms with Crippen LogP contribution in [0, 0.1) is 3.57 Å². The number of nitrogens with zero attached hydrogens (tertiary/aromatic N) is 1. The van der Waals surface area contributed by atoms with E-state index < -0.39 is 0 Å².